The van der Waals surface area contributed by atoms with E-state index < -0.39 is 0 Å². The first kappa shape index (κ1) is 12.7. The number of fused-ring (bicyclic) bond motifs is 1. The summed E-state index contributed by atoms with van der Waals surface area (Å²) in [5, 5.41) is 5.82. The summed E-state index contributed by atoms with van der Waals surface area (Å²) >= 11 is 0. The Morgan fingerprint density at radius 3 is 2.32 bits per heavy atom. The van der Waals surface area contributed by atoms with E-state index in [1.165, 1.54) is 5.56 Å². The molecule has 4 heteroatoms. The third-order valence-electron chi connectivity index (χ3n) is 3.61. The summed E-state index contributed by atoms with van der Waals surface area (Å²) in [6, 6.07) is 20.3. The van der Waals surface area contributed by atoms with E-state index in [1.54, 1.807) is 12.4 Å². The molecule has 2 heterocycles. The van der Waals surface area contributed by atoms with Crippen molar-refractivity contribution in [3.05, 3.63) is 78.6 Å². The topological polar surface area (TPSA) is 43.6 Å². The molecule has 2 aromatic heterocycles. The molecule has 4 aromatic rings. The molecule has 0 radical (unpaired) electrons. The Morgan fingerprint density at radius 1 is 0.773 bits per heavy atom. The molecule has 22 heavy (non-hydrogen) atoms. The predicted molar refractivity (Wildman–Crippen MR) is 86.3 cm³/mol. The van der Waals surface area contributed by atoms with Crippen molar-refractivity contribution in [3.8, 4) is 11.5 Å². The van der Waals surface area contributed by atoms with Gasteiger partial charge < -0.3 is 0 Å². The molecule has 0 aliphatic heterocycles. The lowest BCUT2D eigenvalue weighted by Crippen LogP contribution is -2.01. The van der Waals surface area contributed by atoms with E-state index >= 15 is 0 Å². The second-order valence-electron chi connectivity index (χ2n) is 5.08. The number of aromatic nitrogens is 4. The first-order valence-electron chi connectivity index (χ1n) is 7.19. The van der Waals surface area contributed by atoms with Gasteiger partial charge in [-0.3, -0.25) is 4.68 Å². The van der Waals surface area contributed by atoms with Crippen molar-refractivity contribution in [3.63, 3.8) is 0 Å². The average molecular weight is 286 g/mol. The highest BCUT2D eigenvalue weighted by atomic mass is 15.3. The molecule has 0 aliphatic rings. The molecule has 2 aromatic carbocycles. The number of hydrogen-bond acceptors (Lipinski definition) is 3. The van der Waals surface area contributed by atoms with Crippen LogP contribution in [0.4, 0.5) is 0 Å². The predicted octanol–water partition coefficient (Wildman–Crippen LogP) is 3.54. The molecule has 0 N–H and O–H groups in total. The summed E-state index contributed by atoms with van der Waals surface area (Å²) in [7, 11) is 0. The monoisotopic (exact) mass is 286 g/mol. The van der Waals surface area contributed by atoms with Crippen LogP contribution in [0.3, 0.4) is 0 Å². The van der Waals surface area contributed by atoms with E-state index in [4.69, 9.17) is 5.10 Å². The zero-order valence-electron chi connectivity index (χ0n) is 11.9. The van der Waals surface area contributed by atoms with Gasteiger partial charge >= 0.3 is 0 Å². The lowest BCUT2D eigenvalue weighted by Gasteiger charge is -2.03. The lowest BCUT2D eigenvalue weighted by atomic mass is 10.2. The first-order valence-corrected chi connectivity index (χ1v) is 7.19. The molecule has 0 saturated carbocycles. The van der Waals surface area contributed by atoms with Crippen molar-refractivity contribution >= 4 is 10.9 Å². The minimum atomic E-state index is 0.658. The molecule has 0 fully saturated rings. The second kappa shape index (κ2) is 5.41. The highest BCUT2D eigenvalue weighted by molar-refractivity contribution is 5.91. The summed E-state index contributed by atoms with van der Waals surface area (Å²) in [6.07, 6.45) is 3.49. The molecule has 0 bridgehead atoms. The Labute approximate surface area is 128 Å². The van der Waals surface area contributed by atoms with Gasteiger partial charge in [0.25, 0.3) is 0 Å². The highest BCUT2D eigenvalue weighted by Gasteiger charge is 2.13. The van der Waals surface area contributed by atoms with Gasteiger partial charge in [-0.15, -0.1) is 0 Å². The van der Waals surface area contributed by atoms with Gasteiger partial charge in [-0.2, -0.15) is 5.10 Å². The summed E-state index contributed by atoms with van der Waals surface area (Å²) < 4.78 is 2.01. The van der Waals surface area contributed by atoms with Gasteiger partial charge in [0.1, 0.15) is 5.69 Å². The van der Waals surface area contributed by atoms with Crippen molar-refractivity contribution < 1.29 is 0 Å². The van der Waals surface area contributed by atoms with Crippen molar-refractivity contribution in [2.24, 2.45) is 0 Å². The van der Waals surface area contributed by atoms with Gasteiger partial charge in [-0.05, 0) is 17.7 Å². The molecule has 0 saturated heterocycles. The van der Waals surface area contributed by atoms with Crippen LogP contribution in [0.2, 0.25) is 0 Å². The van der Waals surface area contributed by atoms with Crippen molar-refractivity contribution in [2.75, 3.05) is 0 Å². The van der Waals surface area contributed by atoms with Crippen LogP contribution in [-0.4, -0.2) is 19.7 Å². The van der Waals surface area contributed by atoms with Crippen LogP contribution >= 0.6 is 0 Å². The smallest absolute Gasteiger partial charge is 0.180 e. The number of benzene rings is 2. The van der Waals surface area contributed by atoms with Crippen LogP contribution in [0.5, 0.6) is 0 Å². The van der Waals surface area contributed by atoms with Crippen molar-refractivity contribution in [2.45, 2.75) is 6.54 Å². The SMILES string of the molecule is c1ccc(Cn2nc(-c3ncccn3)c3ccccc32)cc1. The zero-order chi connectivity index (χ0) is 14.8. The largest absolute Gasteiger partial charge is 0.260 e. The Kier molecular flexibility index (Phi) is 3.12. The zero-order valence-corrected chi connectivity index (χ0v) is 11.9. The van der Waals surface area contributed by atoms with E-state index in [1.807, 2.05) is 41.1 Å². The minimum absolute atomic E-state index is 0.658. The molecule has 0 amide bonds. The lowest BCUT2D eigenvalue weighted by molar-refractivity contribution is 0.713. The second-order valence-corrected chi connectivity index (χ2v) is 5.08. The van der Waals surface area contributed by atoms with Gasteiger partial charge in [0, 0.05) is 17.8 Å². The maximum atomic E-state index is 4.75. The van der Waals surface area contributed by atoms with Crippen LogP contribution in [0.15, 0.2) is 73.1 Å². The summed E-state index contributed by atoms with van der Waals surface area (Å²) in [6.45, 7) is 0.730. The van der Waals surface area contributed by atoms with E-state index in [9.17, 15) is 0 Å². The van der Waals surface area contributed by atoms with Crippen molar-refractivity contribution in [1.29, 1.82) is 0 Å². The van der Waals surface area contributed by atoms with Crippen LogP contribution in [-0.2, 0) is 6.54 Å². The molecule has 0 atom stereocenters. The molecule has 0 unspecified atom stereocenters. The summed E-state index contributed by atoms with van der Waals surface area (Å²) in [5.74, 6) is 0.658. The molecule has 0 spiro atoms. The fraction of sp³-hybridized carbons (Fsp3) is 0.0556. The van der Waals surface area contributed by atoms with Crippen LogP contribution in [0, 0.1) is 0 Å². The summed E-state index contributed by atoms with van der Waals surface area (Å²) in [4.78, 5) is 8.67. The molecule has 106 valence electrons. The maximum absolute atomic E-state index is 4.75. The normalized spacial score (nSPS) is 10.9. The quantitative estimate of drug-likeness (QED) is 0.578. The molecule has 4 rings (SSSR count). The number of nitrogens with zero attached hydrogens (tertiary/aromatic N) is 4. The third-order valence-corrected chi connectivity index (χ3v) is 3.61. The molecular formula is C18H14N4. The molecular weight excluding hydrogens is 272 g/mol. The Bertz CT molecular complexity index is 898. The van der Waals surface area contributed by atoms with E-state index in [2.05, 4.69) is 34.2 Å². The highest BCUT2D eigenvalue weighted by Crippen LogP contribution is 2.25. The fourth-order valence-corrected chi connectivity index (χ4v) is 2.59. The maximum Gasteiger partial charge on any atom is 0.180 e. The Hall–Kier alpha value is -3.01. The number of rotatable bonds is 3. The molecule has 0 aliphatic carbocycles. The van der Waals surface area contributed by atoms with E-state index in [0.717, 1.165) is 23.1 Å². The minimum Gasteiger partial charge on any atom is -0.260 e. The van der Waals surface area contributed by atoms with Gasteiger partial charge in [0.15, 0.2) is 5.82 Å². The Balaban J connectivity index is 1.86. The van der Waals surface area contributed by atoms with Crippen LogP contribution in [0.1, 0.15) is 5.56 Å². The Morgan fingerprint density at radius 2 is 1.50 bits per heavy atom. The van der Waals surface area contributed by atoms with Gasteiger partial charge in [0.05, 0.1) is 12.1 Å². The first-order chi connectivity index (χ1) is 10.9. The fourth-order valence-electron chi connectivity index (χ4n) is 2.59. The van der Waals surface area contributed by atoms with Crippen LogP contribution in [0.25, 0.3) is 22.4 Å². The van der Waals surface area contributed by atoms with E-state index in [-0.39, 0.29) is 0 Å². The van der Waals surface area contributed by atoms with Gasteiger partial charge in [-0.25, -0.2) is 9.97 Å². The summed E-state index contributed by atoms with van der Waals surface area (Å²) in [5.41, 5.74) is 3.14. The third kappa shape index (κ3) is 2.24. The standard InChI is InChI=1S/C18H14N4/c1-2-7-14(8-3-1)13-22-16-10-5-4-9-15(16)17(21-22)18-19-11-6-12-20-18/h1-12H,13H2. The van der Waals surface area contributed by atoms with E-state index in [0.29, 0.717) is 5.82 Å². The van der Waals surface area contributed by atoms with Gasteiger partial charge in [-0.1, -0.05) is 48.5 Å². The number of hydrogen-bond donors (Lipinski definition) is 0. The van der Waals surface area contributed by atoms with Crippen LogP contribution < -0.4 is 0 Å². The number of para-hydroxylation sites is 1. The molecule has 4 nitrogen and oxygen atoms in total. The van der Waals surface area contributed by atoms with Gasteiger partial charge in [0.2, 0.25) is 0 Å². The van der Waals surface area contributed by atoms with Crippen molar-refractivity contribution in [1.82, 2.24) is 19.7 Å². The average Bonchev–Trinajstić information content (AvgIpc) is 2.96.